The van der Waals surface area contributed by atoms with E-state index < -0.39 is 0 Å². The first kappa shape index (κ1) is 16.3. The zero-order valence-corrected chi connectivity index (χ0v) is 14.3. The molecule has 4 rings (SSSR count). The first-order valence-electron chi connectivity index (χ1n) is 9.01. The van der Waals surface area contributed by atoms with Crippen molar-refractivity contribution in [2.24, 2.45) is 5.41 Å². The lowest BCUT2D eigenvalue weighted by Gasteiger charge is -2.33. The summed E-state index contributed by atoms with van der Waals surface area (Å²) in [6.07, 6.45) is 3.44. The van der Waals surface area contributed by atoms with Gasteiger partial charge in [-0.2, -0.15) is 0 Å². The van der Waals surface area contributed by atoms with E-state index in [9.17, 15) is 9.18 Å². The fraction of sp³-hybridized carbons (Fsp3) is 0.381. The number of nitrogens with zero attached hydrogens (tertiary/aromatic N) is 1. The van der Waals surface area contributed by atoms with E-state index in [-0.39, 0.29) is 11.7 Å². The van der Waals surface area contributed by atoms with E-state index in [0.29, 0.717) is 11.0 Å². The molecule has 1 amide bonds. The molecule has 2 heterocycles. The summed E-state index contributed by atoms with van der Waals surface area (Å²) in [6, 6.07) is 14.0. The Morgan fingerprint density at radius 2 is 1.76 bits per heavy atom. The third kappa shape index (κ3) is 3.31. The van der Waals surface area contributed by atoms with Crippen LogP contribution in [0, 0.1) is 11.2 Å². The summed E-state index contributed by atoms with van der Waals surface area (Å²) in [7, 11) is 0. The Bertz CT molecular complexity index is 766. The van der Waals surface area contributed by atoms with Gasteiger partial charge in [0.15, 0.2) is 0 Å². The van der Waals surface area contributed by atoms with E-state index in [1.807, 2.05) is 35.2 Å². The van der Waals surface area contributed by atoms with Crippen molar-refractivity contribution in [2.45, 2.75) is 19.3 Å². The summed E-state index contributed by atoms with van der Waals surface area (Å²) >= 11 is 0. The SMILES string of the molecule is O=C(c1ccc(-c2cccc(F)c2)cc1)N1CCC2(CCNCC2)C1. The number of benzene rings is 2. The number of carbonyl (C=O) groups is 1. The maximum Gasteiger partial charge on any atom is 0.253 e. The molecular weight excluding hydrogens is 315 g/mol. The summed E-state index contributed by atoms with van der Waals surface area (Å²) in [4.78, 5) is 14.8. The van der Waals surface area contributed by atoms with Crippen molar-refractivity contribution in [3.05, 3.63) is 59.9 Å². The number of carbonyl (C=O) groups excluding carboxylic acids is 1. The molecule has 2 fully saturated rings. The Morgan fingerprint density at radius 3 is 2.48 bits per heavy atom. The number of piperidine rings is 1. The molecular formula is C21H23FN2O. The zero-order valence-electron chi connectivity index (χ0n) is 14.3. The van der Waals surface area contributed by atoms with Crippen LogP contribution in [0.2, 0.25) is 0 Å². The monoisotopic (exact) mass is 338 g/mol. The lowest BCUT2D eigenvalue weighted by molar-refractivity contribution is 0.0762. The highest BCUT2D eigenvalue weighted by molar-refractivity contribution is 5.95. The molecule has 0 saturated carbocycles. The summed E-state index contributed by atoms with van der Waals surface area (Å²) in [5, 5.41) is 3.41. The largest absolute Gasteiger partial charge is 0.338 e. The van der Waals surface area contributed by atoms with Crippen LogP contribution in [0.3, 0.4) is 0 Å². The number of likely N-dealkylation sites (tertiary alicyclic amines) is 1. The predicted octanol–water partition coefficient (Wildman–Crippen LogP) is 3.71. The summed E-state index contributed by atoms with van der Waals surface area (Å²) < 4.78 is 13.4. The lowest BCUT2D eigenvalue weighted by Crippen LogP contribution is -2.39. The predicted molar refractivity (Wildman–Crippen MR) is 96.9 cm³/mol. The third-order valence-electron chi connectivity index (χ3n) is 5.68. The van der Waals surface area contributed by atoms with E-state index >= 15 is 0 Å². The topological polar surface area (TPSA) is 32.3 Å². The Labute approximate surface area is 147 Å². The van der Waals surface area contributed by atoms with Crippen LogP contribution in [-0.2, 0) is 0 Å². The zero-order chi connectivity index (χ0) is 17.3. The van der Waals surface area contributed by atoms with Gasteiger partial charge in [-0.15, -0.1) is 0 Å². The minimum Gasteiger partial charge on any atom is -0.338 e. The van der Waals surface area contributed by atoms with E-state index in [4.69, 9.17) is 0 Å². The van der Waals surface area contributed by atoms with Gasteiger partial charge < -0.3 is 10.2 Å². The standard InChI is InChI=1S/C21H23FN2O/c22-19-3-1-2-18(14-19)16-4-6-17(7-5-16)20(25)24-13-10-21(15-24)8-11-23-12-9-21/h1-7,14,23H,8-13,15H2. The maximum absolute atomic E-state index is 13.4. The van der Waals surface area contributed by atoms with Crippen LogP contribution >= 0.6 is 0 Å². The molecule has 0 aliphatic carbocycles. The summed E-state index contributed by atoms with van der Waals surface area (Å²) in [6.45, 7) is 3.85. The molecule has 2 aromatic carbocycles. The number of amides is 1. The van der Waals surface area contributed by atoms with Crippen molar-refractivity contribution in [1.29, 1.82) is 0 Å². The van der Waals surface area contributed by atoms with Gasteiger partial charge in [0.2, 0.25) is 0 Å². The molecule has 4 heteroatoms. The molecule has 1 spiro atoms. The van der Waals surface area contributed by atoms with Crippen molar-refractivity contribution >= 4 is 5.91 Å². The van der Waals surface area contributed by atoms with Gasteiger partial charge in [0.05, 0.1) is 0 Å². The fourth-order valence-corrected chi connectivity index (χ4v) is 4.13. The number of nitrogens with one attached hydrogen (secondary N) is 1. The molecule has 2 aliphatic heterocycles. The highest BCUT2D eigenvalue weighted by atomic mass is 19.1. The second-order valence-corrected chi connectivity index (χ2v) is 7.31. The molecule has 3 nitrogen and oxygen atoms in total. The van der Waals surface area contributed by atoms with Gasteiger partial charge in [0, 0.05) is 18.7 Å². The van der Waals surface area contributed by atoms with Gasteiger partial charge in [0.1, 0.15) is 5.82 Å². The average molecular weight is 338 g/mol. The van der Waals surface area contributed by atoms with Gasteiger partial charge in [-0.3, -0.25) is 4.79 Å². The van der Waals surface area contributed by atoms with Crippen molar-refractivity contribution < 1.29 is 9.18 Å². The second kappa shape index (κ2) is 6.60. The Kier molecular flexibility index (Phi) is 4.30. The highest BCUT2D eigenvalue weighted by Crippen LogP contribution is 2.39. The van der Waals surface area contributed by atoms with Crippen LogP contribution < -0.4 is 5.32 Å². The first-order valence-corrected chi connectivity index (χ1v) is 9.01. The molecule has 2 aliphatic rings. The number of rotatable bonds is 2. The highest BCUT2D eigenvalue weighted by Gasteiger charge is 2.40. The molecule has 130 valence electrons. The van der Waals surface area contributed by atoms with E-state index in [1.54, 1.807) is 6.07 Å². The second-order valence-electron chi connectivity index (χ2n) is 7.31. The third-order valence-corrected chi connectivity index (χ3v) is 5.68. The van der Waals surface area contributed by atoms with Crippen molar-refractivity contribution in [2.75, 3.05) is 26.2 Å². The fourth-order valence-electron chi connectivity index (χ4n) is 4.13. The maximum atomic E-state index is 13.4. The van der Waals surface area contributed by atoms with Crippen LogP contribution in [0.1, 0.15) is 29.6 Å². The van der Waals surface area contributed by atoms with Crippen LogP contribution in [0.15, 0.2) is 48.5 Å². The number of hydrogen-bond acceptors (Lipinski definition) is 2. The van der Waals surface area contributed by atoms with Gasteiger partial charge >= 0.3 is 0 Å². The van der Waals surface area contributed by atoms with Crippen molar-refractivity contribution in [1.82, 2.24) is 10.2 Å². The molecule has 2 aromatic rings. The minimum atomic E-state index is -0.248. The number of hydrogen-bond donors (Lipinski definition) is 1. The lowest BCUT2D eigenvalue weighted by atomic mass is 9.78. The van der Waals surface area contributed by atoms with Gasteiger partial charge in [-0.1, -0.05) is 24.3 Å². The molecule has 1 N–H and O–H groups in total. The van der Waals surface area contributed by atoms with E-state index in [0.717, 1.165) is 56.6 Å². The molecule has 2 saturated heterocycles. The molecule has 0 bridgehead atoms. The van der Waals surface area contributed by atoms with Crippen molar-refractivity contribution in [3.8, 4) is 11.1 Å². The quantitative estimate of drug-likeness (QED) is 0.905. The molecule has 0 unspecified atom stereocenters. The normalized spacial score (nSPS) is 19.3. The van der Waals surface area contributed by atoms with Gasteiger partial charge in [0.25, 0.3) is 5.91 Å². The Morgan fingerprint density at radius 1 is 1.00 bits per heavy atom. The van der Waals surface area contributed by atoms with Gasteiger partial charge in [-0.05, 0) is 73.2 Å². The molecule has 0 radical (unpaired) electrons. The van der Waals surface area contributed by atoms with Crippen LogP contribution in [0.4, 0.5) is 4.39 Å². The van der Waals surface area contributed by atoms with Crippen LogP contribution in [-0.4, -0.2) is 37.0 Å². The van der Waals surface area contributed by atoms with E-state index in [2.05, 4.69) is 5.32 Å². The first-order chi connectivity index (χ1) is 12.2. The minimum absolute atomic E-state index is 0.112. The summed E-state index contributed by atoms with van der Waals surface area (Å²) in [5.41, 5.74) is 2.79. The van der Waals surface area contributed by atoms with Gasteiger partial charge in [-0.25, -0.2) is 4.39 Å². The van der Waals surface area contributed by atoms with Crippen molar-refractivity contribution in [3.63, 3.8) is 0 Å². The Balaban J connectivity index is 1.48. The molecule has 0 atom stereocenters. The van der Waals surface area contributed by atoms with Crippen LogP contribution in [0.5, 0.6) is 0 Å². The molecule has 25 heavy (non-hydrogen) atoms. The summed E-state index contributed by atoms with van der Waals surface area (Å²) in [5.74, 6) is -0.136. The molecule has 0 aromatic heterocycles. The smallest absolute Gasteiger partial charge is 0.253 e. The number of halogens is 1. The van der Waals surface area contributed by atoms with E-state index in [1.165, 1.54) is 12.1 Å². The van der Waals surface area contributed by atoms with Crippen LogP contribution in [0.25, 0.3) is 11.1 Å². The average Bonchev–Trinajstić information content (AvgIpc) is 3.05. The Hall–Kier alpha value is -2.20.